The van der Waals surface area contributed by atoms with Crippen LogP contribution in [0.3, 0.4) is 0 Å². The van der Waals surface area contributed by atoms with E-state index in [2.05, 4.69) is 21.0 Å². The predicted molar refractivity (Wildman–Crippen MR) is 116 cm³/mol. The van der Waals surface area contributed by atoms with Crippen molar-refractivity contribution in [3.8, 4) is 33.6 Å². The Labute approximate surface area is 174 Å². The van der Waals surface area contributed by atoms with Gasteiger partial charge >= 0.3 is 0 Å². The van der Waals surface area contributed by atoms with Gasteiger partial charge in [0.1, 0.15) is 10.3 Å². The first kappa shape index (κ1) is 18.6. The topological polar surface area (TPSA) is 38.7 Å². The van der Waals surface area contributed by atoms with Crippen LogP contribution in [0.5, 0.6) is 0 Å². The molecule has 0 saturated carbocycles. The van der Waals surface area contributed by atoms with Crippen molar-refractivity contribution >= 4 is 23.2 Å². The first-order valence-corrected chi connectivity index (χ1v) is 9.62. The zero-order valence-electron chi connectivity index (χ0n) is 15.4. The second-order valence-corrected chi connectivity index (χ2v) is 7.25. The lowest BCUT2D eigenvalue weighted by Crippen LogP contribution is -1.95. The van der Waals surface area contributed by atoms with E-state index in [4.69, 9.17) is 23.2 Å². The summed E-state index contributed by atoms with van der Waals surface area (Å²) in [6.45, 7) is 4.00. The maximum atomic E-state index is 6.44. The highest BCUT2D eigenvalue weighted by Gasteiger charge is 2.15. The summed E-state index contributed by atoms with van der Waals surface area (Å²) in [4.78, 5) is 13.5. The number of benzene rings is 2. The van der Waals surface area contributed by atoms with Gasteiger partial charge in [-0.15, -0.1) is 0 Å². The van der Waals surface area contributed by atoms with Gasteiger partial charge in [0, 0.05) is 22.5 Å². The van der Waals surface area contributed by atoms with Crippen molar-refractivity contribution in [2.75, 3.05) is 0 Å². The lowest BCUT2D eigenvalue weighted by atomic mass is 10.0. The third-order valence-electron chi connectivity index (χ3n) is 4.56. The SMILES string of the molecule is Cc1ccc(-c2ccc(-c3nc(Cl)c(-c4ccccc4)c(Cl)n3)cc2)c(C)n1. The number of pyridine rings is 1. The van der Waals surface area contributed by atoms with Crippen LogP contribution < -0.4 is 0 Å². The molecule has 0 atom stereocenters. The van der Waals surface area contributed by atoms with Crippen LogP contribution in [0.1, 0.15) is 11.4 Å². The van der Waals surface area contributed by atoms with E-state index in [0.29, 0.717) is 21.7 Å². The van der Waals surface area contributed by atoms with Crippen molar-refractivity contribution in [2.45, 2.75) is 13.8 Å². The smallest absolute Gasteiger partial charge is 0.162 e. The Morgan fingerprint density at radius 3 is 1.82 bits per heavy atom. The van der Waals surface area contributed by atoms with E-state index < -0.39 is 0 Å². The molecule has 0 fully saturated rings. The molecule has 0 aliphatic carbocycles. The lowest BCUT2D eigenvalue weighted by Gasteiger charge is -2.10. The van der Waals surface area contributed by atoms with Gasteiger partial charge in [-0.1, -0.05) is 83.9 Å². The van der Waals surface area contributed by atoms with Crippen molar-refractivity contribution in [1.29, 1.82) is 0 Å². The quantitative estimate of drug-likeness (QED) is 0.351. The summed E-state index contributed by atoms with van der Waals surface area (Å²) in [5.74, 6) is 0.500. The van der Waals surface area contributed by atoms with Crippen molar-refractivity contribution in [2.24, 2.45) is 0 Å². The maximum absolute atomic E-state index is 6.44. The fraction of sp³-hybridized carbons (Fsp3) is 0.0870. The second-order valence-electron chi connectivity index (χ2n) is 6.53. The van der Waals surface area contributed by atoms with Crippen LogP contribution >= 0.6 is 23.2 Å². The molecule has 0 aliphatic heterocycles. The van der Waals surface area contributed by atoms with E-state index in [9.17, 15) is 0 Å². The number of halogens is 2. The molecule has 2 heterocycles. The number of rotatable bonds is 3. The first-order valence-electron chi connectivity index (χ1n) is 8.86. The molecule has 3 nitrogen and oxygen atoms in total. The van der Waals surface area contributed by atoms with E-state index >= 15 is 0 Å². The Bertz CT molecular complexity index is 1120. The van der Waals surface area contributed by atoms with Gasteiger partial charge in [-0.2, -0.15) is 0 Å². The minimum atomic E-state index is 0.337. The molecule has 0 unspecified atom stereocenters. The maximum Gasteiger partial charge on any atom is 0.162 e. The molecule has 0 spiro atoms. The molecule has 138 valence electrons. The molecular weight excluding hydrogens is 389 g/mol. The number of aryl methyl sites for hydroxylation is 2. The first-order chi connectivity index (χ1) is 13.5. The fourth-order valence-electron chi connectivity index (χ4n) is 3.17. The Kier molecular flexibility index (Phi) is 5.12. The van der Waals surface area contributed by atoms with Crippen LogP contribution in [0.25, 0.3) is 33.6 Å². The highest BCUT2D eigenvalue weighted by atomic mass is 35.5. The summed E-state index contributed by atoms with van der Waals surface area (Å²) in [7, 11) is 0. The highest BCUT2D eigenvalue weighted by Crippen LogP contribution is 2.34. The largest absolute Gasteiger partial charge is 0.258 e. The molecule has 5 heteroatoms. The van der Waals surface area contributed by atoms with Crippen LogP contribution in [0, 0.1) is 13.8 Å². The monoisotopic (exact) mass is 405 g/mol. The molecule has 2 aromatic heterocycles. The number of nitrogens with zero attached hydrogens (tertiary/aromatic N) is 3. The molecule has 28 heavy (non-hydrogen) atoms. The number of aromatic nitrogens is 3. The average Bonchev–Trinajstić information content (AvgIpc) is 2.68. The fourth-order valence-corrected chi connectivity index (χ4v) is 3.78. The van der Waals surface area contributed by atoms with Crippen molar-refractivity contribution < 1.29 is 0 Å². The number of hydrogen-bond acceptors (Lipinski definition) is 3. The minimum absolute atomic E-state index is 0.337. The standard InChI is InChI=1S/C23H17Cl2N3/c1-14-8-13-19(15(2)26-14)16-9-11-18(12-10-16)23-27-21(24)20(22(25)28-23)17-6-4-3-5-7-17/h3-13H,1-2H3. The van der Waals surface area contributed by atoms with E-state index in [0.717, 1.165) is 33.6 Å². The second kappa shape index (κ2) is 7.70. The molecule has 0 saturated heterocycles. The molecule has 0 bridgehead atoms. The molecule has 2 aromatic carbocycles. The predicted octanol–water partition coefficient (Wildman–Crippen LogP) is 6.80. The van der Waals surface area contributed by atoms with Gasteiger partial charge in [0.05, 0.1) is 5.56 Å². The summed E-state index contributed by atoms with van der Waals surface area (Å²) in [5, 5.41) is 0.674. The summed E-state index contributed by atoms with van der Waals surface area (Å²) in [6.07, 6.45) is 0. The zero-order valence-corrected chi connectivity index (χ0v) is 17.0. The van der Waals surface area contributed by atoms with E-state index in [1.165, 1.54) is 0 Å². The van der Waals surface area contributed by atoms with Gasteiger partial charge in [0.25, 0.3) is 0 Å². The molecule has 0 aliphatic rings. The molecule has 0 radical (unpaired) electrons. The van der Waals surface area contributed by atoms with E-state index in [1.807, 2.05) is 74.5 Å². The highest BCUT2D eigenvalue weighted by molar-refractivity contribution is 6.37. The van der Waals surface area contributed by atoms with E-state index in [-0.39, 0.29) is 0 Å². The minimum Gasteiger partial charge on any atom is -0.258 e. The molecule has 4 aromatic rings. The normalized spacial score (nSPS) is 10.9. The Balaban J connectivity index is 1.70. The summed E-state index contributed by atoms with van der Waals surface area (Å²) in [5.41, 5.74) is 6.59. The van der Waals surface area contributed by atoms with Gasteiger partial charge in [-0.3, -0.25) is 4.98 Å². The van der Waals surface area contributed by atoms with Crippen LogP contribution in [0.2, 0.25) is 10.3 Å². The van der Waals surface area contributed by atoms with E-state index in [1.54, 1.807) is 0 Å². The third-order valence-corrected chi connectivity index (χ3v) is 5.11. The Morgan fingerprint density at radius 2 is 1.21 bits per heavy atom. The van der Waals surface area contributed by atoms with Gasteiger partial charge in [0.2, 0.25) is 0 Å². The Hall–Kier alpha value is -2.75. The van der Waals surface area contributed by atoms with Crippen molar-refractivity contribution in [3.05, 3.63) is 88.4 Å². The van der Waals surface area contributed by atoms with Crippen LogP contribution in [-0.4, -0.2) is 15.0 Å². The van der Waals surface area contributed by atoms with Gasteiger partial charge in [0.15, 0.2) is 5.82 Å². The molecule has 0 N–H and O–H groups in total. The molecular formula is C23H17Cl2N3. The lowest BCUT2D eigenvalue weighted by molar-refractivity contribution is 1.13. The average molecular weight is 406 g/mol. The van der Waals surface area contributed by atoms with Crippen molar-refractivity contribution in [1.82, 2.24) is 15.0 Å². The van der Waals surface area contributed by atoms with Crippen LogP contribution in [-0.2, 0) is 0 Å². The van der Waals surface area contributed by atoms with Crippen molar-refractivity contribution in [3.63, 3.8) is 0 Å². The number of hydrogen-bond donors (Lipinski definition) is 0. The summed E-state index contributed by atoms with van der Waals surface area (Å²) < 4.78 is 0. The van der Waals surface area contributed by atoms with Crippen LogP contribution in [0.4, 0.5) is 0 Å². The third kappa shape index (κ3) is 3.64. The van der Waals surface area contributed by atoms with Gasteiger partial charge in [-0.25, -0.2) is 9.97 Å². The molecule has 0 amide bonds. The zero-order chi connectivity index (χ0) is 19.7. The summed E-state index contributed by atoms with van der Waals surface area (Å²) in [6, 6.07) is 21.8. The Morgan fingerprint density at radius 1 is 0.607 bits per heavy atom. The van der Waals surface area contributed by atoms with Gasteiger partial charge in [-0.05, 0) is 31.0 Å². The molecule has 4 rings (SSSR count). The summed E-state index contributed by atoms with van der Waals surface area (Å²) >= 11 is 12.9. The van der Waals surface area contributed by atoms with Gasteiger partial charge < -0.3 is 0 Å². The van der Waals surface area contributed by atoms with Crippen LogP contribution in [0.15, 0.2) is 66.7 Å².